The molecule has 1 nitrogen and oxygen atoms in total. The third-order valence-electron chi connectivity index (χ3n) is 2.54. The van der Waals surface area contributed by atoms with Gasteiger partial charge in [-0.1, -0.05) is 42.3 Å². The Hall–Kier alpha value is -0.790. The molecule has 0 amide bonds. The van der Waals surface area contributed by atoms with Gasteiger partial charge in [0.25, 0.3) is 0 Å². The van der Waals surface area contributed by atoms with Crippen molar-refractivity contribution in [1.29, 1.82) is 0 Å². The molecule has 0 heterocycles. The normalized spacial score (nSPS) is 10.3. The van der Waals surface area contributed by atoms with E-state index in [4.69, 9.17) is 11.6 Å². The second-order valence-corrected chi connectivity index (χ2v) is 4.31. The lowest BCUT2D eigenvalue weighted by molar-refractivity contribution is 0.606. The fraction of sp³-hybridized carbons (Fsp3) is 0.429. The van der Waals surface area contributed by atoms with Crippen molar-refractivity contribution >= 4 is 11.6 Å². The third kappa shape index (κ3) is 5.34. The highest BCUT2D eigenvalue weighted by molar-refractivity contribution is 6.31. The average molecular weight is 238 g/mol. The number of hydrogen-bond donors (Lipinski definition) is 1. The van der Waals surface area contributed by atoms with Crippen molar-refractivity contribution in [2.45, 2.75) is 32.2 Å². The van der Waals surface area contributed by atoms with Gasteiger partial charge in [-0.25, -0.2) is 0 Å². The van der Waals surface area contributed by atoms with Gasteiger partial charge in [-0.15, -0.1) is 6.58 Å². The van der Waals surface area contributed by atoms with Gasteiger partial charge in [0.1, 0.15) is 0 Å². The lowest BCUT2D eigenvalue weighted by Crippen LogP contribution is -2.14. The van der Waals surface area contributed by atoms with Crippen LogP contribution in [0.3, 0.4) is 0 Å². The monoisotopic (exact) mass is 237 g/mol. The topological polar surface area (TPSA) is 12.0 Å². The number of hydrogen-bond acceptors (Lipinski definition) is 1. The predicted molar refractivity (Wildman–Crippen MR) is 71.8 cm³/mol. The van der Waals surface area contributed by atoms with E-state index in [1.54, 1.807) is 0 Å². The van der Waals surface area contributed by atoms with E-state index in [1.165, 1.54) is 24.8 Å². The molecule has 16 heavy (non-hydrogen) atoms. The quantitative estimate of drug-likeness (QED) is 0.529. The third-order valence-corrected chi connectivity index (χ3v) is 2.90. The molecule has 2 heteroatoms. The van der Waals surface area contributed by atoms with Crippen molar-refractivity contribution in [3.05, 3.63) is 47.5 Å². The zero-order chi connectivity index (χ0) is 11.6. The minimum absolute atomic E-state index is 0.849. The number of allylic oxidation sites excluding steroid dienone is 1. The molecule has 0 aliphatic rings. The molecule has 0 fully saturated rings. The van der Waals surface area contributed by atoms with E-state index in [2.05, 4.69) is 18.0 Å². The Morgan fingerprint density at radius 3 is 2.75 bits per heavy atom. The molecule has 1 rings (SSSR count). The van der Waals surface area contributed by atoms with Gasteiger partial charge in [-0.3, -0.25) is 0 Å². The average Bonchev–Trinajstić information content (AvgIpc) is 2.30. The summed E-state index contributed by atoms with van der Waals surface area (Å²) in [6.07, 6.45) is 6.85. The summed E-state index contributed by atoms with van der Waals surface area (Å²) in [5.41, 5.74) is 1.18. The molecule has 0 saturated heterocycles. The Balaban J connectivity index is 2.07. The Morgan fingerprint density at radius 2 is 2.00 bits per heavy atom. The first-order valence-corrected chi connectivity index (χ1v) is 6.27. The van der Waals surface area contributed by atoms with E-state index in [1.807, 2.05) is 24.3 Å². The van der Waals surface area contributed by atoms with E-state index in [9.17, 15) is 0 Å². The fourth-order valence-corrected chi connectivity index (χ4v) is 1.78. The van der Waals surface area contributed by atoms with Crippen LogP contribution in [0.15, 0.2) is 36.9 Å². The molecule has 0 aromatic heterocycles. The van der Waals surface area contributed by atoms with Crippen LogP contribution in [0.1, 0.15) is 31.2 Å². The second kappa shape index (κ2) is 8.37. The van der Waals surface area contributed by atoms with E-state index >= 15 is 0 Å². The summed E-state index contributed by atoms with van der Waals surface area (Å²) in [7, 11) is 0. The van der Waals surface area contributed by atoms with Crippen LogP contribution in [0.2, 0.25) is 5.02 Å². The number of benzene rings is 1. The summed E-state index contributed by atoms with van der Waals surface area (Å²) in [6.45, 7) is 5.63. The molecule has 0 saturated carbocycles. The van der Waals surface area contributed by atoms with Crippen LogP contribution in [-0.2, 0) is 6.54 Å². The SMILES string of the molecule is C=CCCCCCNCc1ccccc1Cl. The van der Waals surface area contributed by atoms with Crippen molar-refractivity contribution in [3.63, 3.8) is 0 Å². The lowest BCUT2D eigenvalue weighted by Gasteiger charge is -2.06. The van der Waals surface area contributed by atoms with Crippen LogP contribution in [0.25, 0.3) is 0 Å². The Bertz CT molecular complexity index is 309. The van der Waals surface area contributed by atoms with Crippen molar-refractivity contribution in [3.8, 4) is 0 Å². The van der Waals surface area contributed by atoms with Gasteiger partial charge in [0, 0.05) is 11.6 Å². The van der Waals surface area contributed by atoms with Crippen LogP contribution < -0.4 is 5.32 Å². The van der Waals surface area contributed by atoms with Crippen molar-refractivity contribution in [2.24, 2.45) is 0 Å². The number of rotatable bonds is 8. The molecule has 0 bridgehead atoms. The Morgan fingerprint density at radius 1 is 1.19 bits per heavy atom. The number of unbranched alkanes of at least 4 members (excludes halogenated alkanes) is 3. The summed E-state index contributed by atoms with van der Waals surface area (Å²) in [6, 6.07) is 7.98. The van der Waals surface area contributed by atoms with Crippen LogP contribution in [0.5, 0.6) is 0 Å². The maximum absolute atomic E-state index is 6.05. The van der Waals surface area contributed by atoms with Crippen LogP contribution in [-0.4, -0.2) is 6.54 Å². The minimum Gasteiger partial charge on any atom is -0.313 e. The largest absolute Gasteiger partial charge is 0.313 e. The van der Waals surface area contributed by atoms with Crippen molar-refractivity contribution in [1.82, 2.24) is 5.32 Å². The number of halogens is 1. The van der Waals surface area contributed by atoms with Crippen molar-refractivity contribution < 1.29 is 0 Å². The van der Waals surface area contributed by atoms with E-state index in [0.29, 0.717) is 0 Å². The highest BCUT2D eigenvalue weighted by Gasteiger charge is 1.97. The zero-order valence-electron chi connectivity index (χ0n) is 9.71. The molecule has 0 aliphatic carbocycles. The maximum atomic E-state index is 6.05. The van der Waals surface area contributed by atoms with Gasteiger partial charge < -0.3 is 5.32 Å². The molecule has 1 aromatic carbocycles. The Labute approximate surface area is 104 Å². The molecule has 1 aromatic rings. The highest BCUT2D eigenvalue weighted by Crippen LogP contribution is 2.14. The van der Waals surface area contributed by atoms with Gasteiger partial charge in [0.15, 0.2) is 0 Å². The van der Waals surface area contributed by atoms with E-state index in [0.717, 1.165) is 24.5 Å². The van der Waals surface area contributed by atoms with Gasteiger partial charge in [-0.05, 0) is 37.4 Å². The summed E-state index contributed by atoms with van der Waals surface area (Å²) < 4.78 is 0. The summed E-state index contributed by atoms with van der Waals surface area (Å²) in [5, 5.41) is 4.26. The first-order chi connectivity index (χ1) is 7.84. The molecule has 0 atom stereocenters. The number of nitrogens with one attached hydrogen (secondary N) is 1. The fourth-order valence-electron chi connectivity index (χ4n) is 1.58. The Kier molecular flexibility index (Phi) is 6.95. The second-order valence-electron chi connectivity index (χ2n) is 3.91. The lowest BCUT2D eigenvalue weighted by atomic mass is 10.2. The van der Waals surface area contributed by atoms with Gasteiger partial charge in [0.05, 0.1) is 0 Å². The molecule has 0 aliphatic heterocycles. The molecule has 0 unspecified atom stereocenters. The first kappa shape index (κ1) is 13.3. The van der Waals surface area contributed by atoms with Crippen LogP contribution in [0, 0.1) is 0 Å². The summed E-state index contributed by atoms with van der Waals surface area (Å²) in [4.78, 5) is 0. The molecular formula is C14H20ClN. The summed E-state index contributed by atoms with van der Waals surface area (Å²) >= 11 is 6.05. The zero-order valence-corrected chi connectivity index (χ0v) is 10.5. The van der Waals surface area contributed by atoms with E-state index < -0.39 is 0 Å². The van der Waals surface area contributed by atoms with Gasteiger partial charge >= 0.3 is 0 Å². The van der Waals surface area contributed by atoms with Crippen molar-refractivity contribution in [2.75, 3.05) is 6.54 Å². The smallest absolute Gasteiger partial charge is 0.0450 e. The minimum atomic E-state index is 0.849. The van der Waals surface area contributed by atoms with Gasteiger partial charge in [-0.2, -0.15) is 0 Å². The first-order valence-electron chi connectivity index (χ1n) is 5.89. The summed E-state index contributed by atoms with van der Waals surface area (Å²) in [5.74, 6) is 0. The molecule has 88 valence electrons. The standard InChI is InChI=1S/C14H20ClN/c1-2-3-4-5-8-11-16-12-13-9-6-7-10-14(13)15/h2,6-7,9-10,16H,1,3-5,8,11-12H2. The van der Waals surface area contributed by atoms with Crippen LogP contribution >= 0.6 is 11.6 Å². The van der Waals surface area contributed by atoms with Crippen LogP contribution in [0.4, 0.5) is 0 Å². The predicted octanol–water partition coefficient (Wildman–Crippen LogP) is 4.18. The maximum Gasteiger partial charge on any atom is 0.0450 e. The van der Waals surface area contributed by atoms with E-state index in [-0.39, 0.29) is 0 Å². The molecule has 0 spiro atoms. The molecule has 0 radical (unpaired) electrons. The molecular weight excluding hydrogens is 218 g/mol. The van der Waals surface area contributed by atoms with Gasteiger partial charge in [0.2, 0.25) is 0 Å². The highest BCUT2D eigenvalue weighted by atomic mass is 35.5. The molecule has 1 N–H and O–H groups in total.